The van der Waals surface area contributed by atoms with Crippen LogP contribution in [0.3, 0.4) is 0 Å². The second-order valence-electron chi connectivity index (χ2n) is 7.23. The zero-order valence-corrected chi connectivity index (χ0v) is 19.0. The molecule has 0 aliphatic carbocycles. The summed E-state index contributed by atoms with van der Waals surface area (Å²) in [5.74, 6) is 0.986. The van der Waals surface area contributed by atoms with Crippen molar-refractivity contribution in [2.75, 3.05) is 17.6 Å². The van der Waals surface area contributed by atoms with Crippen LogP contribution in [0.4, 0.5) is 5.82 Å². The van der Waals surface area contributed by atoms with E-state index in [1.807, 2.05) is 66.7 Å². The van der Waals surface area contributed by atoms with Crippen molar-refractivity contribution in [3.8, 4) is 0 Å². The fourth-order valence-electron chi connectivity index (χ4n) is 3.21. The molecule has 0 radical (unpaired) electrons. The minimum absolute atomic E-state index is 0.0293. The highest BCUT2D eigenvalue weighted by molar-refractivity contribution is 7.99. The van der Waals surface area contributed by atoms with Crippen molar-refractivity contribution in [2.24, 2.45) is 0 Å². The van der Waals surface area contributed by atoms with Gasteiger partial charge >= 0.3 is 0 Å². The van der Waals surface area contributed by atoms with Crippen LogP contribution in [0.5, 0.6) is 0 Å². The van der Waals surface area contributed by atoms with Crippen molar-refractivity contribution in [1.82, 2.24) is 15.3 Å². The lowest BCUT2D eigenvalue weighted by Gasteiger charge is -2.11. The van der Waals surface area contributed by atoms with E-state index in [-0.39, 0.29) is 11.7 Å². The molecule has 32 heavy (non-hydrogen) atoms. The Balaban J connectivity index is 1.37. The molecule has 3 aromatic carbocycles. The molecule has 0 unspecified atom stereocenters. The maximum atomic E-state index is 12.3. The highest BCUT2D eigenvalue weighted by atomic mass is 35.5. The van der Waals surface area contributed by atoms with Crippen molar-refractivity contribution in [1.29, 1.82) is 0 Å². The minimum Gasteiger partial charge on any atom is -0.365 e. The van der Waals surface area contributed by atoms with Gasteiger partial charge in [-0.3, -0.25) is 4.79 Å². The SMILES string of the molecule is O=C(CSc1nc(NCc2ccc(Cl)cc2)c2ccccc2n1)NCCc1ccccc1. The lowest BCUT2D eigenvalue weighted by atomic mass is 10.1. The van der Waals surface area contributed by atoms with Gasteiger partial charge in [-0.05, 0) is 41.8 Å². The van der Waals surface area contributed by atoms with Gasteiger partial charge in [-0.1, -0.05) is 78.0 Å². The molecule has 0 bridgehead atoms. The average Bonchev–Trinajstić information content (AvgIpc) is 2.83. The summed E-state index contributed by atoms with van der Waals surface area (Å²) in [6.45, 7) is 1.22. The van der Waals surface area contributed by atoms with Gasteiger partial charge in [0, 0.05) is 23.5 Å². The summed E-state index contributed by atoms with van der Waals surface area (Å²) in [4.78, 5) is 21.6. The zero-order chi connectivity index (χ0) is 22.2. The molecule has 0 saturated heterocycles. The fraction of sp³-hybridized carbons (Fsp3) is 0.160. The Hall–Kier alpha value is -3.09. The van der Waals surface area contributed by atoms with Gasteiger partial charge in [-0.15, -0.1) is 0 Å². The third-order valence-electron chi connectivity index (χ3n) is 4.87. The van der Waals surface area contributed by atoms with Crippen LogP contribution in [0.15, 0.2) is 84.0 Å². The molecule has 1 heterocycles. The number of para-hydroxylation sites is 1. The van der Waals surface area contributed by atoms with Gasteiger partial charge < -0.3 is 10.6 Å². The highest BCUT2D eigenvalue weighted by Crippen LogP contribution is 2.25. The number of carbonyl (C=O) groups excluding carboxylic acids is 1. The van der Waals surface area contributed by atoms with Gasteiger partial charge in [0.1, 0.15) is 5.82 Å². The third-order valence-corrected chi connectivity index (χ3v) is 5.97. The number of hydrogen-bond donors (Lipinski definition) is 2. The number of halogens is 1. The number of anilines is 1. The monoisotopic (exact) mass is 462 g/mol. The van der Waals surface area contributed by atoms with Crippen LogP contribution in [-0.2, 0) is 17.8 Å². The van der Waals surface area contributed by atoms with Crippen molar-refractivity contribution in [2.45, 2.75) is 18.1 Å². The van der Waals surface area contributed by atoms with E-state index < -0.39 is 0 Å². The van der Waals surface area contributed by atoms with Gasteiger partial charge in [0.05, 0.1) is 11.3 Å². The summed E-state index contributed by atoms with van der Waals surface area (Å²) < 4.78 is 0. The number of carbonyl (C=O) groups is 1. The predicted molar refractivity (Wildman–Crippen MR) is 132 cm³/mol. The first-order valence-electron chi connectivity index (χ1n) is 10.4. The largest absolute Gasteiger partial charge is 0.365 e. The van der Waals surface area contributed by atoms with Crippen LogP contribution in [-0.4, -0.2) is 28.2 Å². The Morgan fingerprint density at radius 3 is 2.44 bits per heavy atom. The van der Waals surface area contributed by atoms with Crippen LogP contribution in [0.1, 0.15) is 11.1 Å². The van der Waals surface area contributed by atoms with Crippen molar-refractivity contribution >= 4 is 46.0 Å². The molecule has 4 rings (SSSR count). The Morgan fingerprint density at radius 1 is 0.875 bits per heavy atom. The Morgan fingerprint density at radius 2 is 1.62 bits per heavy atom. The number of hydrogen-bond acceptors (Lipinski definition) is 5. The van der Waals surface area contributed by atoms with Gasteiger partial charge in [-0.25, -0.2) is 9.97 Å². The Kier molecular flexibility index (Phi) is 7.59. The normalized spacial score (nSPS) is 10.8. The van der Waals surface area contributed by atoms with E-state index in [9.17, 15) is 4.79 Å². The predicted octanol–water partition coefficient (Wildman–Crippen LogP) is 5.35. The van der Waals surface area contributed by atoms with E-state index in [1.165, 1.54) is 17.3 Å². The molecule has 0 aliphatic rings. The summed E-state index contributed by atoms with van der Waals surface area (Å²) in [5, 5.41) is 8.58. The lowest BCUT2D eigenvalue weighted by Crippen LogP contribution is -2.27. The smallest absolute Gasteiger partial charge is 0.230 e. The van der Waals surface area contributed by atoms with Gasteiger partial charge in [-0.2, -0.15) is 0 Å². The topological polar surface area (TPSA) is 66.9 Å². The first kappa shape index (κ1) is 22.1. The maximum absolute atomic E-state index is 12.3. The third kappa shape index (κ3) is 6.22. The van der Waals surface area contributed by atoms with Crippen LogP contribution >= 0.6 is 23.4 Å². The number of nitrogens with one attached hydrogen (secondary N) is 2. The summed E-state index contributed by atoms with van der Waals surface area (Å²) in [5.41, 5.74) is 3.15. The zero-order valence-electron chi connectivity index (χ0n) is 17.4. The average molecular weight is 463 g/mol. The highest BCUT2D eigenvalue weighted by Gasteiger charge is 2.10. The lowest BCUT2D eigenvalue weighted by molar-refractivity contribution is -0.118. The molecule has 7 heteroatoms. The molecule has 0 fully saturated rings. The van der Waals surface area contributed by atoms with E-state index in [4.69, 9.17) is 11.6 Å². The molecule has 0 atom stereocenters. The standard InChI is InChI=1S/C25H23ClN4OS/c26-20-12-10-19(11-13-20)16-28-24-21-8-4-5-9-22(21)29-25(30-24)32-17-23(31)27-15-14-18-6-2-1-3-7-18/h1-13H,14-17H2,(H,27,31)(H,28,29,30). The van der Waals surface area contributed by atoms with Crippen molar-refractivity contribution < 1.29 is 4.79 Å². The number of fused-ring (bicyclic) bond motifs is 1. The quantitative estimate of drug-likeness (QED) is 0.259. The number of nitrogens with zero attached hydrogens (tertiary/aromatic N) is 2. The molecule has 5 nitrogen and oxygen atoms in total. The van der Waals surface area contributed by atoms with Gasteiger partial charge in [0.15, 0.2) is 5.16 Å². The Bertz CT molecular complexity index is 1190. The van der Waals surface area contributed by atoms with Crippen molar-refractivity contribution in [3.63, 3.8) is 0 Å². The molecule has 1 aromatic heterocycles. The molecule has 2 N–H and O–H groups in total. The van der Waals surface area contributed by atoms with E-state index in [0.29, 0.717) is 23.3 Å². The summed E-state index contributed by atoms with van der Waals surface area (Å²) >= 11 is 7.31. The van der Waals surface area contributed by atoms with E-state index >= 15 is 0 Å². The second kappa shape index (κ2) is 11.0. The summed E-state index contributed by atoms with van der Waals surface area (Å²) in [6, 6.07) is 25.7. The molecule has 0 aliphatic heterocycles. The van der Waals surface area contributed by atoms with E-state index in [1.54, 1.807) is 0 Å². The first-order valence-corrected chi connectivity index (χ1v) is 11.7. The molecule has 162 valence electrons. The second-order valence-corrected chi connectivity index (χ2v) is 8.61. The minimum atomic E-state index is -0.0293. The number of benzene rings is 3. The Labute approximate surface area is 196 Å². The summed E-state index contributed by atoms with van der Waals surface area (Å²) in [6.07, 6.45) is 0.808. The summed E-state index contributed by atoms with van der Waals surface area (Å²) in [7, 11) is 0. The molecule has 1 amide bonds. The molecule has 0 saturated carbocycles. The molecule has 0 spiro atoms. The van der Waals surface area contributed by atoms with Gasteiger partial charge in [0.25, 0.3) is 0 Å². The van der Waals surface area contributed by atoms with Gasteiger partial charge in [0.2, 0.25) is 5.91 Å². The maximum Gasteiger partial charge on any atom is 0.230 e. The first-order chi connectivity index (χ1) is 15.7. The van der Waals surface area contributed by atoms with Crippen molar-refractivity contribution in [3.05, 3.63) is 95.0 Å². The van der Waals surface area contributed by atoms with Crippen LogP contribution in [0.2, 0.25) is 5.02 Å². The fourth-order valence-corrected chi connectivity index (χ4v) is 4.02. The van der Waals surface area contributed by atoms with Crippen LogP contribution in [0, 0.1) is 0 Å². The molecular weight excluding hydrogens is 440 g/mol. The van der Waals surface area contributed by atoms with Crippen LogP contribution in [0.25, 0.3) is 10.9 Å². The molecule has 4 aromatic rings. The molecular formula is C25H23ClN4OS. The van der Waals surface area contributed by atoms with E-state index in [0.717, 1.165) is 28.7 Å². The van der Waals surface area contributed by atoms with E-state index in [2.05, 4.69) is 32.7 Å². The number of amides is 1. The van der Waals surface area contributed by atoms with Crippen LogP contribution < -0.4 is 10.6 Å². The number of rotatable bonds is 9. The number of thioether (sulfide) groups is 1. The number of aromatic nitrogens is 2.